The molecule has 0 radical (unpaired) electrons. The third kappa shape index (κ3) is 9.27. The fourth-order valence-corrected chi connectivity index (χ4v) is 0.574. The third-order valence-electron chi connectivity index (χ3n) is 0.550. The maximum Gasteiger partial charge on any atom is 1.00 e. The molecule has 2 atom stereocenters. The van der Waals surface area contributed by atoms with Crippen molar-refractivity contribution in [2.75, 3.05) is 12.5 Å². The van der Waals surface area contributed by atoms with E-state index >= 15 is 0 Å². The van der Waals surface area contributed by atoms with Gasteiger partial charge in [0.25, 0.3) is 0 Å². The Morgan fingerprint density at radius 1 is 1.80 bits per heavy atom. The Morgan fingerprint density at radius 2 is 2.30 bits per heavy atom. The Balaban J connectivity index is 0. The van der Waals surface area contributed by atoms with Gasteiger partial charge < -0.3 is 10.00 Å². The third-order valence-corrected chi connectivity index (χ3v) is 1.27. The van der Waals surface area contributed by atoms with Gasteiger partial charge in [0.2, 0.25) is 0 Å². The summed E-state index contributed by atoms with van der Waals surface area (Å²) in [7, 11) is -2.86. The molecule has 0 spiro atoms. The van der Waals surface area contributed by atoms with Crippen LogP contribution in [0.25, 0.3) is 0 Å². The van der Waals surface area contributed by atoms with E-state index in [0.717, 1.165) is 0 Å². The van der Waals surface area contributed by atoms with Gasteiger partial charge in [-0.1, -0.05) is 0 Å². The first kappa shape index (κ1) is 13.8. The van der Waals surface area contributed by atoms with Crippen LogP contribution < -0.4 is 34.5 Å². The fraction of sp³-hybridized carbons (Fsp3) is 1.00. The first-order valence-electron chi connectivity index (χ1n) is 2.18. The minimum Gasteiger partial charge on any atom is -0.566 e. The summed E-state index contributed by atoms with van der Waals surface area (Å²) in [6.07, 6.45) is -0.903. The standard InChI is InChI=1S/C3H6ClO4P.Na/c4-1-3(5)2-8-9(6)7;/h3,5H,1-2H2;/q;+1. The Labute approximate surface area is 86.8 Å². The summed E-state index contributed by atoms with van der Waals surface area (Å²) in [5.74, 6) is -0.0246. The van der Waals surface area contributed by atoms with Gasteiger partial charge in [-0.15, -0.1) is 16.1 Å². The topological polar surface area (TPSA) is 69.6 Å². The zero-order valence-corrected chi connectivity index (χ0v) is 9.14. The molecule has 0 saturated heterocycles. The molecule has 0 saturated carbocycles. The monoisotopic (exact) mass is 195 g/mol. The van der Waals surface area contributed by atoms with Crippen LogP contribution in [0.3, 0.4) is 0 Å². The molecule has 0 aliphatic carbocycles. The smallest absolute Gasteiger partial charge is 0.566 e. The van der Waals surface area contributed by atoms with E-state index in [2.05, 4.69) is 4.52 Å². The summed E-state index contributed by atoms with van der Waals surface area (Å²) in [5.41, 5.74) is 0. The molecule has 0 aromatic carbocycles. The van der Waals surface area contributed by atoms with Crippen molar-refractivity contribution in [2.45, 2.75) is 6.10 Å². The predicted octanol–water partition coefficient (Wildman–Crippen LogP) is -3.38. The molecule has 0 fully saturated rings. The van der Waals surface area contributed by atoms with Gasteiger partial charge in [-0.25, -0.2) is 0 Å². The van der Waals surface area contributed by atoms with Crippen molar-refractivity contribution >= 4 is 19.9 Å². The van der Waals surface area contributed by atoms with Gasteiger partial charge in [0.15, 0.2) is 0 Å². The van der Waals surface area contributed by atoms with Crippen molar-refractivity contribution in [3.05, 3.63) is 0 Å². The van der Waals surface area contributed by atoms with Crippen LogP contribution in [0.5, 0.6) is 0 Å². The van der Waals surface area contributed by atoms with Crippen LogP contribution in [0.15, 0.2) is 0 Å². The van der Waals surface area contributed by atoms with Crippen LogP contribution in [-0.2, 0) is 9.09 Å². The first-order chi connectivity index (χ1) is 4.16. The van der Waals surface area contributed by atoms with Crippen molar-refractivity contribution in [2.24, 2.45) is 0 Å². The number of hydrogen-bond donors (Lipinski definition) is 1. The molecule has 0 heterocycles. The van der Waals surface area contributed by atoms with Gasteiger partial charge in [-0.3, -0.25) is 0 Å². The molecule has 2 unspecified atom stereocenters. The van der Waals surface area contributed by atoms with E-state index in [1.807, 2.05) is 0 Å². The van der Waals surface area contributed by atoms with Crippen LogP contribution in [-0.4, -0.2) is 23.7 Å². The quantitative estimate of drug-likeness (QED) is 0.289. The van der Waals surface area contributed by atoms with E-state index in [9.17, 15) is 9.46 Å². The molecule has 54 valence electrons. The van der Waals surface area contributed by atoms with E-state index in [4.69, 9.17) is 16.7 Å². The molecule has 0 aromatic heterocycles. The van der Waals surface area contributed by atoms with Crippen molar-refractivity contribution in [1.82, 2.24) is 0 Å². The van der Waals surface area contributed by atoms with Crippen LogP contribution in [0.4, 0.5) is 0 Å². The second-order valence-corrected chi connectivity index (χ2v) is 2.34. The summed E-state index contributed by atoms with van der Waals surface area (Å²) in [6.45, 7) is -0.262. The molecule has 1 N–H and O–H groups in total. The second-order valence-electron chi connectivity index (χ2n) is 1.33. The van der Waals surface area contributed by atoms with E-state index in [0.29, 0.717) is 0 Å². The van der Waals surface area contributed by atoms with Gasteiger partial charge in [-0.05, 0) is 4.57 Å². The number of aliphatic hydroxyl groups excluding tert-OH is 1. The van der Waals surface area contributed by atoms with Crippen LogP contribution in [0.1, 0.15) is 0 Å². The largest absolute Gasteiger partial charge is 1.00 e. The van der Waals surface area contributed by atoms with E-state index < -0.39 is 14.4 Å². The molecule has 0 rings (SSSR count). The molecule has 0 amide bonds. The molecule has 0 aliphatic rings. The Morgan fingerprint density at radius 3 is 2.60 bits per heavy atom. The Bertz CT molecular complexity index is 103. The fourth-order valence-electron chi connectivity index (χ4n) is 0.191. The first-order valence-corrected chi connectivity index (χ1v) is 3.81. The summed E-state index contributed by atoms with van der Waals surface area (Å²) in [4.78, 5) is 9.68. The number of alkyl halides is 1. The van der Waals surface area contributed by atoms with Gasteiger partial charge >= 0.3 is 37.8 Å². The molecule has 0 aromatic rings. The molecule has 10 heavy (non-hydrogen) atoms. The number of halogens is 1. The molecular formula is C3H6ClNaO4P+. The Hall–Kier alpha value is 1.27. The minimum absolute atomic E-state index is 0. The van der Waals surface area contributed by atoms with E-state index in [1.54, 1.807) is 0 Å². The predicted molar refractivity (Wildman–Crippen MR) is 30.3 cm³/mol. The SMILES string of the molecule is O=[P+]([O-])OCC(O)CCl.[Na+]. The van der Waals surface area contributed by atoms with E-state index in [-0.39, 0.29) is 42.0 Å². The summed E-state index contributed by atoms with van der Waals surface area (Å²) in [5, 5.41) is 8.58. The molecular weight excluding hydrogens is 189 g/mol. The zero-order chi connectivity index (χ0) is 7.28. The van der Waals surface area contributed by atoms with Crippen molar-refractivity contribution in [3.8, 4) is 0 Å². The van der Waals surface area contributed by atoms with Gasteiger partial charge in [0.05, 0.1) is 12.0 Å². The number of hydrogen-bond acceptors (Lipinski definition) is 4. The summed E-state index contributed by atoms with van der Waals surface area (Å²) >= 11 is 5.11. The van der Waals surface area contributed by atoms with Gasteiger partial charge in [-0.2, -0.15) is 0 Å². The molecule has 0 aliphatic heterocycles. The van der Waals surface area contributed by atoms with Gasteiger partial charge in [0, 0.05) is 0 Å². The molecule has 7 heteroatoms. The van der Waals surface area contributed by atoms with Crippen molar-refractivity contribution < 1.29 is 48.6 Å². The summed E-state index contributed by atoms with van der Waals surface area (Å²) in [6, 6.07) is 0. The van der Waals surface area contributed by atoms with Crippen molar-refractivity contribution in [1.29, 1.82) is 0 Å². The molecule has 0 bridgehead atoms. The van der Waals surface area contributed by atoms with Crippen LogP contribution in [0, 0.1) is 0 Å². The van der Waals surface area contributed by atoms with E-state index in [1.165, 1.54) is 0 Å². The van der Waals surface area contributed by atoms with Crippen LogP contribution >= 0.6 is 19.9 Å². The number of aliphatic hydroxyl groups is 1. The zero-order valence-electron chi connectivity index (χ0n) is 5.49. The maximum atomic E-state index is 9.68. The average Bonchev–Trinajstić information content (AvgIpc) is 1.83. The maximum absolute atomic E-state index is 9.68. The number of rotatable bonds is 4. The minimum atomic E-state index is -2.86. The Kier molecular flexibility index (Phi) is 11.6. The van der Waals surface area contributed by atoms with Crippen LogP contribution in [0.2, 0.25) is 0 Å². The summed E-state index contributed by atoms with van der Waals surface area (Å²) < 4.78 is 13.7. The average molecular weight is 195 g/mol. The molecule has 4 nitrogen and oxygen atoms in total. The van der Waals surface area contributed by atoms with Crippen molar-refractivity contribution in [3.63, 3.8) is 0 Å². The normalized spacial score (nSPS) is 13.7. The van der Waals surface area contributed by atoms with Gasteiger partial charge in [0.1, 0.15) is 6.61 Å². The second kappa shape index (κ2) is 8.37.